The summed E-state index contributed by atoms with van der Waals surface area (Å²) in [5, 5.41) is 9.02. The van der Waals surface area contributed by atoms with Gasteiger partial charge in [0.1, 0.15) is 0 Å². The third kappa shape index (κ3) is 3.19. The number of aryl methyl sites for hydroxylation is 1. The first-order chi connectivity index (χ1) is 6.11. The molecule has 0 aliphatic carbocycles. The first-order valence-corrected chi connectivity index (χ1v) is 4.82. The van der Waals surface area contributed by atoms with E-state index in [-0.39, 0.29) is 6.61 Å². The zero-order valence-corrected chi connectivity index (χ0v) is 8.67. The predicted octanol–water partition coefficient (Wildman–Crippen LogP) is 2.69. The zero-order chi connectivity index (χ0) is 9.84. The van der Waals surface area contributed by atoms with Crippen LogP contribution in [-0.4, -0.2) is 5.11 Å². The number of aliphatic hydroxyl groups is 1. The molecule has 0 heterocycles. The topological polar surface area (TPSA) is 20.2 Å². The van der Waals surface area contributed by atoms with Crippen molar-refractivity contribution in [1.29, 1.82) is 0 Å². The van der Waals surface area contributed by atoms with Gasteiger partial charge in [0.2, 0.25) is 0 Å². The van der Waals surface area contributed by atoms with E-state index in [1.165, 1.54) is 11.1 Å². The van der Waals surface area contributed by atoms with Gasteiger partial charge in [0, 0.05) is 0 Å². The molecule has 1 N–H and O–H groups in total. The van der Waals surface area contributed by atoms with E-state index in [0.717, 1.165) is 12.0 Å². The van der Waals surface area contributed by atoms with Crippen LogP contribution in [0.3, 0.4) is 0 Å². The monoisotopic (exact) mass is 178 g/mol. The van der Waals surface area contributed by atoms with Crippen molar-refractivity contribution in [2.45, 2.75) is 33.8 Å². The van der Waals surface area contributed by atoms with E-state index in [1.54, 1.807) is 0 Å². The van der Waals surface area contributed by atoms with E-state index in [9.17, 15) is 0 Å². The van der Waals surface area contributed by atoms with Crippen molar-refractivity contribution in [1.82, 2.24) is 0 Å². The first kappa shape index (κ1) is 10.3. The Kier molecular flexibility index (Phi) is 3.49. The van der Waals surface area contributed by atoms with E-state index in [1.807, 2.05) is 6.07 Å². The van der Waals surface area contributed by atoms with Gasteiger partial charge in [-0.2, -0.15) is 0 Å². The van der Waals surface area contributed by atoms with Gasteiger partial charge in [-0.25, -0.2) is 0 Å². The minimum atomic E-state index is 0.146. The third-order valence-corrected chi connectivity index (χ3v) is 2.02. The maximum absolute atomic E-state index is 9.02. The van der Waals surface area contributed by atoms with Gasteiger partial charge in [-0.1, -0.05) is 37.6 Å². The maximum atomic E-state index is 9.02. The second-order valence-electron chi connectivity index (χ2n) is 4.08. The standard InChI is InChI=1S/C12H18O/c1-9(2)4-11-5-10(3)6-12(7-11)8-13/h5-7,9,13H,4,8H2,1-3H3. The molecule has 0 atom stereocenters. The molecule has 0 aliphatic rings. The summed E-state index contributed by atoms with van der Waals surface area (Å²) >= 11 is 0. The molecule has 0 fully saturated rings. The number of aliphatic hydroxyl groups excluding tert-OH is 1. The minimum Gasteiger partial charge on any atom is -0.392 e. The van der Waals surface area contributed by atoms with Crippen LogP contribution in [0.15, 0.2) is 18.2 Å². The summed E-state index contributed by atoms with van der Waals surface area (Å²) in [5.41, 5.74) is 3.59. The lowest BCUT2D eigenvalue weighted by Crippen LogP contribution is -1.96. The molecule has 1 heteroatoms. The molecular formula is C12H18O. The van der Waals surface area contributed by atoms with Gasteiger partial charge in [-0.05, 0) is 30.4 Å². The number of hydrogen-bond donors (Lipinski definition) is 1. The molecule has 0 bridgehead atoms. The van der Waals surface area contributed by atoms with Crippen LogP contribution in [0.4, 0.5) is 0 Å². The average Bonchev–Trinajstić information content (AvgIpc) is 2.01. The van der Waals surface area contributed by atoms with Crippen molar-refractivity contribution in [2.75, 3.05) is 0 Å². The second-order valence-corrected chi connectivity index (χ2v) is 4.08. The van der Waals surface area contributed by atoms with E-state index >= 15 is 0 Å². The molecule has 1 rings (SSSR count). The van der Waals surface area contributed by atoms with Crippen LogP contribution < -0.4 is 0 Å². The van der Waals surface area contributed by atoms with E-state index in [2.05, 4.69) is 32.9 Å². The van der Waals surface area contributed by atoms with Gasteiger partial charge in [0.15, 0.2) is 0 Å². The predicted molar refractivity (Wildman–Crippen MR) is 55.6 cm³/mol. The van der Waals surface area contributed by atoms with Crippen molar-refractivity contribution >= 4 is 0 Å². The second kappa shape index (κ2) is 4.43. The van der Waals surface area contributed by atoms with Crippen molar-refractivity contribution in [2.24, 2.45) is 5.92 Å². The fourth-order valence-electron chi connectivity index (χ4n) is 1.63. The Bertz CT molecular complexity index is 276. The summed E-state index contributed by atoms with van der Waals surface area (Å²) in [6, 6.07) is 6.32. The summed E-state index contributed by atoms with van der Waals surface area (Å²) in [4.78, 5) is 0. The molecular weight excluding hydrogens is 160 g/mol. The van der Waals surface area contributed by atoms with Gasteiger partial charge < -0.3 is 5.11 Å². The Morgan fingerprint density at radius 3 is 2.31 bits per heavy atom. The van der Waals surface area contributed by atoms with Crippen molar-refractivity contribution < 1.29 is 5.11 Å². The van der Waals surface area contributed by atoms with E-state index < -0.39 is 0 Å². The lowest BCUT2D eigenvalue weighted by Gasteiger charge is -2.08. The highest BCUT2D eigenvalue weighted by Gasteiger charge is 2.00. The summed E-state index contributed by atoms with van der Waals surface area (Å²) in [7, 11) is 0. The van der Waals surface area contributed by atoms with Crippen LogP contribution in [-0.2, 0) is 13.0 Å². The molecule has 0 aliphatic heterocycles. The summed E-state index contributed by atoms with van der Waals surface area (Å²) in [6.45, 7) is 6.64. The van der Waals surface area contributed by atoms with Gasteiger partial charge in [-0.3, -0.25) is 0 Å². The molecule has 0 saturated carbocycles. The normalized spacial score (nSPS) is 10.8. The Morgan fingerprint density at radius 1 is 1.15 bits per heavy atom. The SMILES string of the molecule is Cc1cc(CO)cc(CC(C)C)c1. The van der Waals surface area contributed by atoms with Crippen LogP contribution in [0, 0.1) is 12.8 Å². The largest absolute Gasteiger partial charge is 0.392 e. The highest BCUT2D eigenvalue weighted by atomic mass is 16.3. The quantitative estimate of drug-likeness (QED) is 0.754. The summed E-state index contributed by atoms with van der Waals surface area (Å²) in [6.07, 6.45) is 1.09. The van der Waals surface area contributed by atoms with Crippen LogP contribution in [0.25, 0.3) is 0 Å². The molecule has 0 amide bonds. The molecule has 1 nitrogen and oxygen atoms in total. The van der Waals surface area contributed by atoms with E-state index in [4.69, 9.17) is 5.11 Å². The fraction of sp³-hybridized carbons (Fsp3) is 0.500. The highest BCUT2D eigenvalue weighted by Crippen LogP contribution is 2.13. The Balaban J connectivity index is 2.88. The van der Waals surface area contributed by atoms with Crippen molar-refractivity contribution in [3.05, 3.63) is 34.9 Å². The molecule has 1 aromatic carbocycles. The number of rotatable bonds is 3. The molecule has 13 heavy (non-hydrogen) atoms. The van der Waals surface area contributed by atoms with Crippen LogP contribution in [0.2, 0.25) is 0 Å². The molecule has 0 saturated heterocycles. The maximum Gasteiger partial charge on any atom is 0.0682 e. The number of hydrogen-bond acceptors (Lipinski definition) is 1. The van der Waals surface area contributed by atoms with Crippen LogP contribution in [0.5, 0.6) is 0 Å². The minimum absolute atomic E-state index is 0.146. The third-order valence-electron chi connectivity index (χ3n) is 2.02. The average molecular weight is 178 g/mol. The molecule has 0 radical (unpaired) electrons. The molecule has 0 aromatic heterocycles. The van der Waals surface area contributed by atoms with Crippen LogP contribution >= 0.6 is 0 Å². The Morgan fingerprint density at radius 2 is 1.77 bits per heavy atom. The fourth-order valence-corrected chi connectivity index (χ4v) is 1.63. The van der Waals surface area contributed by atoms with Crippen LogP contribution in [0.1, 0.15) is 30.5 Å². The lowest BCUT2D eigenvalue weighted by atomic mass is 9.99. The Labute approximate surface area is 80.4 Å². The summed E-state index contributed by atoms with van der Waals surface area (Å²) < 4.78 is 0. The molecule has 0 spiro atoms. The zero-order valence-electron chi connectivity index (χ0n) is 8.67. The Hall–Kier alpha value is -0.820. The number of benzene rings is 1. The first-order valence-electron chi connectivity index (χ1n) is 4.82. The van der Waals surface area contributed by atoms with Gasteiger partial charge >= 0.3 is 0 Å². The van der Waals surface area contributed by atoms with E-state index in [0.29, 0.717) is 5.92 Å². The summed E-state index contributed by atoms with van der Waals surface area (Å²) in [5.74, 6) is 0.674. The smallest absolute Gasteiger partial charge is 0.0682 e. The van der Waals surface area contributed by atoms with Gasteiger partial charge in [0.05, 0.1) is 6.61 Å². The molecule has 0 unspecified atom stereocenters. The molecule has 1 aromatic rings. The molecule has 72 valence electrons. The highest BCUT2D eigenvalue weighted by molar-refractivity contribution is 5.29. The van der Waals surface area contributed by atoms with Crippen molar-refractivity contribution in [3.63, 3.8) is 0 Å². The van der Waals surface area contributed by atoms with Gasteiger partial charge in [-0.15, -0.1) is 0 Å². The van der Waals surface area contributed by atoms with Crippen molar-refractivity contribution in [3.8, 4) is 0 Å². The van der Waals surface area contributed by atoms with Gasteiger partial charge in [0.25, 0.3) is 0 Å². The lowest BCUT2D eigenvalue weighted by molar-refractivity contribution is 0.281.